The maximum atomic E-state index is 12.8. The standard InChI is InChI=1S/C22H21N3O3/c1-14(26)16-8-4-10-17(13-16)24-20(27)22(2,3)21(28)25-18-11-5-7-15-9-6-12-23-19(15)18/h4-13H,1-3H3,(H,24,27)(H,25,28). The summed E-state index contributed by atoms with van der Waals surface area (Å²) in [5.74, 6) is -1.03. The van der Waals surface area contributed by atoms with Gasteiger partial charge in [-0.3, -0.25) is 19.4 Å². The summed E-state index contributed by atoms with van der Waals surface area (Å²) in [7, 11) is 0. The Balaban J connectivity index is 1.79. The molecule has 2 N–H and O–H groups in total. The number of hydrogen-bond donors (Lipinski definition) is 2. The van der Waals surface area contributed by atoms with Crippen LogP contribution in [0.3, 0.4) is 0 Å². The fourth-order valence-electron chi connectivity index (χ4n) is 2.69. The Morgan fingerprint density at radius 2 is 1.57 bits per heavy atom. The van der Waals surface area contributed by atoms with E-state index in [1.54, 1.807) is 50.4 Å². The minimum Gasteiger partial charge on any atom is -0.325 e. The molecule has 0 bridgehead atoms. The van der Waals surface area contributed by atoms with E-state index in [1.165, 1.54) is 6.92 Å². The van der Waals surface area contributed by atoms with Crippen LogP contribution in [-0.2, 0) is 9.59 Å². The number of ketones is 1. The van der Waals surface area contributed by atoms with Crippen molar-refractivity contribution in [1.82, 2.24) is 4.98 Å². The first-order valence-electron chi connectivity index (χ1n) is 8.86. The van der Waals surface area contributed by atoms with E-state index >= 15 is 0 Å². The normalized spacial score (nSPS) is 11.1. The minimum absolute atomic E-state index is 0.100. The molecule has 6 heteroatoms. The van der Waals surface area contributed by atoms with Crippen LogP contribution in [0.25, 0.3) is 10.9 Å². The van der Waals surface area contributed by atoms with Gasteiger partial charge in [-0.05, 0) is 45.0 Å². The Morgan fingerprint density at radius 3 is 2.32 bits per heavy atom. The summed E-state index contributed by atoms with van der Waals surface area (Å²) < 4.78 is 0. The second-order valence-corrected chi connectivity index (χ2v) is 7.05. The number of amides is 2. The molecule has 3 rings (SSSR count). The van der Waals surface area contributed by atoms with Crippen LogP contribution in [0.15, 0.2) is 60.8 Å². The molecule has 0 spiro atoms. The number of para-hydroxylation sites is 1. The lowest BCUT2D eigenvalue weighted by molar-refractivity contribution is -0.135. The second kappa shape index (κ2) is 7.60. The van der Waals surface area contributed by atoms with Crippen molar-refractivity contribution in [3.05, 3.63) is 66.4 Å². The van der Waals surface area contributed by atoms with Crippen LogP contribution < -0.4 is 10.6 Å². The molecule has 2 aromatic carbocycles. The number of carbonyl (C=O) groups excluding carboxylic acids is 3. The van der Waals surface area contributed by atoms with Gasteiger partial charge < -0.3 is 10.6 Å². The van der Waals surface area contributed by atoms with Gasteiger partial charge in [-0.1, -0.05) is 30.3 Å². The van der Waals surface area contributed by atoms with Crippen molar-refractivity contribution in [2.24, 2.45) is 5.41 Å². The van der Waals surface area contributed by atoms with Crippen molar-refractivity contribution in [3.8, 4) is 0 Å². The van der Waals surface area contributed by atoms with Gasteiger partial charge in [0.2, 0.25) is 11.8 Å². The van der Waals surface area contributed by atoms with Crippen molar-refractivity contribution < 1.29 is 14.4 Å². The highest BCUT2D eigenvalue weighted by Gasteiger charge is 2.36. The number of nitrogens with zero attached hydrogens (tertiary/aromatic N) is 1. The average molecular weight is 375 g/mol. The molecular formula is C22H21N3O3. The number of Topliss-reactive ketones (excluding diaryl/α,β-unsaturated/α-hetero) is 1. The van der Waals surface area contributed by atoms with E-state index < -0.39 is 17.2 Å². The summed E-state index contributed by atoms with van der Waals surface area (Å²) in [4.78, 5) is 41.4. The zero-order valence-electron chi connectivity index (χ0n) is 15.9. The molecule has 0 saturated carbocycles. The summed E-state index contributed by atoms with van der Waals surface area (Å²) >= 11 is 0. The molecule has 0 unspecified atom stereocenters. The molecule has 0 fully saturated rings. The number of benzene rings is 2. The topological polar surface area (TPSA) is 88.2 Å². The highest BCUT2D eigenvalue weighted by atomic mass is 16.2. The van der Waals surface area contributed by atoms with Crippen molar-refractivity contribution in [1.29, 1.82) is 0 Å². The number of carbonyl (C=O) groups is 3. The number of pyridine rings is 1. The summed E-state index contributed by atoms with van der Waals surface area (Å²) in [6.45, 7) is 4.55. The van der Waals surface area contributed by atoms with Gasteiger partial charge >= 0.3 is 0 Å². The monoisotopic (exact) mass is 375 g/mol. The molecule has 0 aliphatic heterocycles. The summed E-state index contributed by atoms with van der Waals surface area (Å²) in [6, 6.07) is 15.8. The van der Waals surface area contributed by atoms with E-state index in [9.17, 15) is 14.4 Å². The number of nitrogens with one attached hydrogen (secondary N) is 2. The van der Waals surface area contributed by atoms with E-state index in [4.69, 9.17) is 0 Å². The Bertz CT molecular complexity index is 1070. The van der Waals surface area contributed by atoms with Crippen LogP contribution in [0.1, 0.15) is 31.1 Å². The molecule has 0 atom stereocenters. The first kappa shape index (κ1) is 19.2. The lowest BCUT2D eigenvalue weighted by Gasteiger charge is -2.23. The summed E-state index contributed by atoms with van der Waals surface area (Å²) in [6.07, 6.45) is 1.65. The molecule has 2 amide bonds. The third-order valence-corrected chi connectivity index (χ3v) is 4.54. The van der Waals surface area contributed by atoms with E-state index in [0.717, 1.165) is 5.39 Å². The second-order valence-electron chi connectivity index (χ2n) is 7.05. The van der Waals surface area contributed by atoms with Crippen LogP contribution in [0.2, 0.25) is 0 Å². The Labute approximate surface area is 163 Å². The average Bonchev–Trinajstić information content (AvgIpc) is 2.68. The van der Waals surface area contributed by atoms with Gasteiger partial charge in [-0.2, -0.15) is 0 Å². The quantitative estimate of drug-likeness (QED) is 0.520. The highest BCUT2D eigenvalue weighted by molar-refractivity contribution is 6.15. The van der Waals surface area contributed by atoms with Crippen LogP contribution in [-0.4, -0.2) is 22.6 Å². The van der Waals surface area contributed by atoms with Crippen molar-refractivity contribution in [2.45, 2.75) is 20.8 Å². The zero-order chi connectivity index (χ0) is 20.3. The third-order valence-electron chi connectivity index (χ3n) is 4.54. The summed E-state index contributed by atoms with van der Waals surface area (Å²) in [5.41, 5.74) is 0.807. The predicted molar refractivity (Wildman–Crippen MR) is 109 cm³/mol. The first-order chi connectivity index (χ1) is 13.3. The Hall–Kier alpha value is -3.54. The molecule has 0 aliphatic rings. The number of aromatic nitrogens is 1. The Kier molecular flexibility index (Phi) is 5.22. The molecule has 0 aliphatic carbocycles. The smallest absolute Gasteiger partial charge is 0.239 e. The van der Waals surface area contributed by atoms with Gasteiger partial charge in [0.25, 0.3) is 0 Å². The van der Waals surface area contributed by atoms with Crippen LogP contribution in [0.4, 0.5) is 11.4 Å². The summed E-state index contributed by atoms with van der Waals surface area (Å²) in [5, 5.41) is 6.41. The lowest BCUT2D eigenvalue weighted by Crippen LogP contribution is -2.41. The van der Waals surface area contributed by atoms with Crippen LogP contribution in [0.5, 0.6) is 0 Å². The third kappa shape index (κ3) is 3.91. The van der Waals surface area contributed by atoms with Crippen LogP contribution >= 0.6 is 0 Å². The SMILES string of the molecule is CC(=O)c1cccc(NC(=O)C(C)(C)C(=O)Nc2cccc3cccnc23)c1. The molecule has 0 radical (unpaired) electrons. The van der Waals surface area contributed by atoms with Gasteiger partial charge in [0.05, 0.1) is 11.2 Å². The van der Waals surface area contributed by atoms with Crippen molar-refractivity contribution in [2.75, 3.05) is 10.6 Å². The van der Waals surface area contributed by atoms with Gasteiger partial charge in [0.1, 0.15) is 5.41 Å². The number of anilines is 2. The zero-order valence-corrected chi connectivity index (χ0v) is 15.9. The van der Waals surface area contributed by atoms with E-state index in [1.807, 2.05) is 24.3 Å². The van der Waals surface area contributed by atoms with Gasteiger partial charge in [0.15, 0.2) is 5.78 Å². The van der Waals surface area contributed by atoms with E-state index in [-0.39, 0.29) is 5.78 Å². The van der Waals surface area contributed by atoms with Gasteiger partial charge in [-0.25, -0.2) is 0 Å². The van der Waals surface area contributed by atoms with Crippen LogP contribution in [0, 0.1) is 5.41 Å². The maximum absolute atomic E-state index is 12.8. The molecule has 142 valence electrons. The molecule has 1 heterocycles. The van der Waals surface area contributed by atoms with Crippen molar-refractivity contribution in [3.63, 3.8) is 0 Å². The molecule has 6 nitrogen and oxygen atoms in total. The number of rotatable bonds is 5. The molecule has 1 aromatic heterocycles. The fourth-order valence-corrected chi connectivity index (χ4v) is 2.69. The highest BCUT2D eigenvalue weighted by Crippen LogP contribution is 2.25. The van der Waals surface area contributed by atoms with Gasteiger partial charge in [-0.15, -0.1) is 0 Å². The largest absolute Gasteiger partial charge is 0.325 e. The van der Waals surface area contributed by atoms with Gasteiger partial charge in [0, 0.05) is 22.8 Å². The predicted octanol–water partition coefficient (Wildman–Crippen LogP) is 4.04. The number of fused-ring (bicyclic) bond motifs is 1. The minimum atomic E-state index is -1.34. The van der Waals surface area contributed by atoms with Crippen molar-refractivity contribution >= 4 is 39.9 Å². The Morgan fingerprint density at radius 1 is 0.893 bits per heavy atom. The lowest BCUT2D eigenvalue weighted by atomic mass is 9.90. The molecular weight excluding hydrogens is 354 g/mol. The molecule has 3 aromatic rings. The number of hydrogen-bond acceptors (Lipinski definition) is 4. The fraction of sp³-hybridized carbons (Fsp3) is 0.182. The molecule has 28 heavy (non-hydrogen) atoms. The van der Waals surface area contributed by atoms with E-state index in [2.05, 4.69) is 15.6 Å². The molecule has 0 saturated heterocycles. The van der Waals surface area contributed by atoms with E-state index in [0.29, 0.717) is 22.5 Å². The maximum Gasteiger partial charge on any atom is 0.239 e. The first-order valence-corrected chi connectivity index (χ1v) is 8.86.